The summed E-state index contributed by atoms with van der Waals surface area (Å²) in [5.74, 6) is 2.57. The first-order valence-electron chi connectivity index (χ1n) is 7.84. The van der Waals surface area contributed by atoms with Crippen LogP contribution >= 0.6 is 0 Å². The molecule has 110 valence electrons. The lowest BCUT2D eigenvalue weighted by Gasteiger charge is -2.38. The molecule has 2 rings (SSSR count). The standard InChI is InChI=1S/C16H29NO2/c1-12-7-13(2)15(16(18)8-12)10-17-6-4-5-14(9-17)11-19-3/h12-15H,4-11H2,1-3H3. The summed E-state index contributed by atoms with van der Waals surface area (Å²) in [5, 5.41) is 0. The summed E-state index contributed by atoms with van der Waals surface area (Å²) >= 11 is 0. The molecule has 1 aliphatic carbocycles. The molecular weight excluding hydrogens is 238 g/mol. The van der Waals surface area contributed by atoms with Gasteiger partial charge in [0.15, 0.2) is 0 Å². The summed E-state index contributed by atoms with van der Waals surface area (Å²) < 4.78 is 5.28. The predicted octanol–water partition coefficient (Wildman–Crippen LogP) is 2.60. The molecule has 0 amide bonds. The number of Topliss-reactive ketones (excluding diaryl/α,β-unsaturated/α-hetero) is 1. The molecule has 3 nitrogen and oxygen atoms in total. The second kappa shape index (κ2) is 6.85. The fourth-order valence-electron chi connectivity index (χ4n) is 3.94. The van der Waals surface area contributed by atoms with Gasteiger partial charge < -0.3 is 9.64 Å². The third kappa shape index (κ3) is 4.03. The number of piperidine rings is 1. The molecule has 3 heteroatoms. The summed E-state index contributed by atoms with van der Waals surface area (Å²) in [7, 11) is 1.78. The highest BCUT2D eigenvalue weighted by atomic mass is 16.5. The summed E-state index contributed by atoms with van der Waals surface area (Å²) in [6.07, 6.45) is 4.53. The Balaban J connectivity index is 1.87. The highest BCUT2D eigenvalue weighted by Crippen LogP contribution is 2.32. The molecule has 0 aromatic rings. The van der Waals surface area contributed by atoms with E-state index in [9.17, 15) is 4.79 Å². The number of rotatable bonds is 4. The van der Waals surface area contributed by atoms with E-state index in [1.165, 1.54) is 19.3 Å². The number of methoxy groups -OCH3 is 1. The number of ether oxygens (including phenoxy) is 1. The quantitative estimate of drug-likeness (QED) is 0.784. The second-order valence-electron chi connectivity index (χ2n) is 6.82. The van der Waals surface area contributed by atoms with Crippen LogP contribution in [-0.4, -0.2) is 44.0 Å². The molecule has 4 unspecified atom stereocenters. The van der Waals surface area contributed by atoms with Gasteiger partial charge in [0.1, 0.15) is 5.78 Å². The molecule has 0 radical (unpaired) electrons. The first-order valence-corrected chi connectivity index (χ1v) is 7.84. The fraction of sp³-hybridized carbons (Fsp3) is 0.938. The third-order valence-corrected chi connectivity index (χ3v) is 4.88. The van der Waals surface area contributed by atoms with Crippen molar-refractivity contribution in [3.05, 3.63) is 0 Å². The summed E-state index contributed by atoms with van der Waals surface area (Å²) in [4.78, 5) is 14.7. The van der Waals surface area contributed by atoms with Crippen LogP contribution in [0.2, 0.25) is 0 Å². The summed E-state index contributed by atoms with van der Waals surface area (Å²) in [6, 6.07) is 0. The van der Waals surface area contributed by atoms with E-state index in [1.807, 2.05) is 0 Å². The van der Waals surface area contributed by atoms with Crippen molar-refractivity contribution in [2.45, 2.75) is 39.5 Å². The van der Waals surface area contributed by atoms with Gasteiger partial charge in [-0.25, -0.2) is 0 Å². The van der Waals surface area contributed by atoms with Crippen molar-refractivity contribution in [2.24, 2.45) is 23.7 Å². The Morgan fingerprint density at radius 1 is 1.37 bits per heavy atom. The molecule has 19 heavy (non-hydrogen) atoms. The Morgan fingerprint density at radius 3 is 2.84 bits per heavy atom. The predicted molar refractivity (Wildman–Crippen MR) is 77.1 cm³/mol. The minimum Gasteiger partial charge on any atom is -0.384 e. The van der Waals surface area contributed by atoms with E-state index in [1.54, 1.807) is 7.11 Å². The van der Waals surface area contributed by atoms with Crippen LogP contribution in [0.1, 0.15) is 39.5 Å². The van der Waals surface area contributed by atoms with Gasteiger partial charge in [-0.2, -0.15) is 0 Å². The van der Waals surface area contributed by atoms with E-state index >= 15 is 0 Å². The number of hydrogen-bond donors (Lipinski definition) is 0. The number of carbonyl (C=O) groups is 1. The normalized spacial score (nSPS) is 37.5. The average Bonchev–Trinajstić information content (AvgIpc) is 2.35. The van der Waals surface area contributed by atoms with Crippen LogP contribution in [0.3, 0.4) is 0 Å². The van der Waals surface area contributed by atoms with Gasteiger partial charge in [-0.1, -0.05) is 13.8 Å². The zero-order valence-electron chi connectivity index (χ0n) is 12.7. The smallest absolute Gasteiger partial charge is 0.137 e. The van der Waals surface area contributed by atoms with Gasteiger partial charge in [0.2, 0.25) is 0 Å². The van der Waals surface area contributed by atoms with Crippen LogP contribution in [0.25, 0.3) is 0 Å². The second-order valence-corrected chi connectivity index (χ2v) is 6.82. The Morgan fingerprint density at radius 2 is 2.16 bits per heavy atom. The number of nitrogens with zero attached hydrogens (tertiary/aromatic N) is 1. The first kappa shape index (κ1) is 15.0. The van der Waals surface area contributed by atoms with Crippen molar-refractivity contribution in [3.8, 4) is 0 Å². The topological polar surface area (TPSA) is 29.5 Å². The lowest BCUT2D eigenvalue weighted by Crippen LogP contribution is -2.44. The number of likely N-dealkylation sites (tertiary alicyclic amines) is 1. The van der Waals surface area contributed by atoms with E-state index in [2.05, 4.69) is 18.7 Å². The summed E-state index contributed by atoms with van der Waals surface area (Å²) in [5.41, 5.74) is 0. The van der Waals surface area contributed by atoms with Crippen LogP contribution < -0.4 is 0 Å². The zero-order chi connectivity index (χ0) is 13.8. The zero-order valence-corrected chi connectivity index (χ0v) is 12.7. The molecule has 0 aromatic carbocycles. The van der Waals surface area contributed by atoms with Gasteiger partial charge in [-0.3, -0.25) is 4.79 Å². The van der Waals surface area contributed by atoms with E-state index in [0.29, 0.717) is 23.5 Å². The van der Waals surface area contributed by atoms with Crippen molar-refractivity contribution in [3.63, 3.8) is 0 Å². The van der Waals surface area contributed by atoms with E-state index in [4.69, 9.17) is 4.74 Å². The number of hydrogen-bond acceptors (Lipinski definition) is 3. The van der Waals surface area contributed by atoms with Gasteiger partial charge in [-0.05, 0) is 43.6 Å². The molecule has 0 N–H and O–H groups in total. The minimum atomic E-state index is 0.275. The van der Waals surface area contributed by atoms with Crippen LogP contribution in [0, 0.1) is 23.7 Å². The molecule has 4 atom stereocenters. The third-order valence-electron chi connectivity index (χ3n) is 4.88. The van der Waals surface area contributed by atoms with Crippen molar-refractivity contribution in [2.75, 3.05) is 33.4 Å². The maximum atomic E-state index is 12.2. The van der Waals surface area contributed by atoms with Crippen LogP contribution in [0.5, 0.6) is 0 Å². The molecule has 2 aliphatic rings. The van der Waals surface area contributed by atoms with Gasteiger partial charge in [0.05, 0.1) is 6.61 Å². The van der Waals surface area contributed by atoms with Crippen molar-refractivity contribution in [1.29, 1.82) is 0 Å². The highest BCUT2D eigenvalue weighted by molar-refractivity contribution is 5.82. The molecule has 1 heterocycles. The molecule has 0 aromatic heterocycles. The first-order chi connectivity index (χ1) is 9.10. The Kier molecular flexibility index (Phi) is 5.40. The highest BCUT2D eigenvalue weighted by Gasteiger charge is 2.34. The van der Waals surface area contributed by atoms with Crippen molar-refractivity contribution < 1.29 is 9.53 Å². The number of carbonyl (C=O) groups excluding carboxylic acids is 1. The van der Waals surface area contributed by atoms with E-state index in [-0.39, 0.29) is 5.92 Å². The van der Waals surface area contributed by atoms with Gasteiger partial charge in [0, 0.05) is 32.5 Å². The van der Waals surface area contributed by atoms with Crippen LogP contribution in [-0.2, 0) is 9.53 Å². The molecule has 1 saturated heterocycles. The number of ketones is 1. The molecule has 1 saturated carbocycles. The molecule has 0 bridgehead atoms. The fourth-order valence-corrected chi connectivity index (χ4v) is 3.94. The van der Waals surface area contributed by atoms with Crippen molar-refractivity contribution >= 4 is 5.78 Å². The van der Waals surface area contributed by atoms with Crippen molar-refractivity contribution in [1.82, 2.24) is 4.90 Å². The molecule has 0 spiro atoms. The lowest BCUT2D eigenvalue weighted by molar-refractivity contribution is -0.129. The molecule has 2 fully saturated rings. The van der Waals surface area contributed by atoms with Gasteiger partial charge >= 0.3 is 0 Å². The monoisotopic (exact) mass is 267 g/mol. The van der Waals surface area contributed by atoms with Gasteiger partial charge in [-0.15, -0.1) is 0 Å². The van der Waals surface area contributed by atoms with Gasteiger partial charge in [0.25, 0.3) is 0 Å². The van der Waals surface area contributed by atoms with E-state index in [0.717, 1.165) is 32.7 Å². The molecular formula is C16H29NO2. The summed E-state index contributed by atoms with van der Waals surface area (Å²) in [6.45, 7) is 8.58. The maximum absolute atomic E-state index is 12.2. The van der Waals surface area contributed by atoms with Crippen LogP contribution in [0.4, 0.5) is 0 Å². The Labute approximate surface area is 117 Å². The lowest BCUT2D eigenvalue weighted by atomic mass is 9.74. The maximum Gasteiger partial charge on any atom is 0.137 e. The average molecular weight is 267 g/mol. The Bertz CT molecular complexity index is 303. The Hall–Kier alpha value is -0.410. The van der Waals surface area contributed by atoms with Crippen LogP contribution in [0.15, 0.2) is 0 Å². The molecule has 1 aliphatic heterocycles. The van der Waals surface area contributed by atoms with E-state index < -0.39 is 0 Å². The largest absolute Gasteiger partial charge is 0.384 e. The SMILES string of the molecule is COCC1CCCN(CC2C(=O)CC(C)CC2C)C1. The minimum absolute atomic E-state index is 0.275.